The maximum absolute atomic E-state index is 13.4. The Hall–Kier alpha value is -3.47. The highest BCUT2D eigenvalue weighted by Crippen LogP contribution is 2.35. The average Bonchev–Trinajstić information content (AvgIpc) is 3.33. The van der Waals surface area contributed by atoms with E-state index in [1.807, 2.05) is 18.2 Å². The summed E-state index contributed by atoms with van der Waals surface area (Å²) in [6.07, 6.45) is 3.74. The lowest BCUT2D eigenvalue weighted by Gasteiger charge is -2.09. The minimum atomic E-state index is -0.345. The Labute approximate surface area is 155 Å². The molecule has 1 N–H and O–H groups in total. The van der Waals surface area contributed by atoms with Gasteiger partial charge in [0.25, 0.3) is 5.91 Å². The van der Waals surface area contributed by atoms with Crippen molar-refractivity contribution in [3.8, 4) is 5.69 Å². The first-order chi connectivity index (χ1) is 13.2. The van der Waals surface area contributed by atoms with Gasteiger partial charge in [-0.15, -0.1) is 0 Å². The van der Waals surface area contributed by atoms with Gasteiger partial charge >= 0.3 is 0 Å². The molecule has 0 saturated carbocycles. The highest BCUT2D eigenvalue weighted by Gasteiger charge is 2.18. The number of carbonyl (C=O) groups is 1. The van der Waals surface area contributed by atoms with Crippen LogP contribution in [0.2, 0.25) is 0 Å². The minimum Gasteiger partial charge on any atom is -0.320 e. The first-order valence-electron chi connectivity index (χ1n) is 8.85. The van der Waals surface area contributed by atoms with Gasteiger partial charge in [-0.2, -0.15) is 5.10 Å². The summed E-state index contributed by atoms with van der Waals surface area (Å²) in [6, 6.07) is 18.0. The van der Waals surface area contributed by atoms with Gasteiger partial charge in [0, 0.05) is 17.3 Å². The normalized spacial score (nSPS) is 12.5. The highest BCUT2D eigenvalue weighted by atomic mass is 19.1. The number of benzene rings is 3. The average molecular weight is 357 g/mol. The number of halogens is 1. The van der Waals surface area contributed by atoms with Crippen LogP contribution in [0.5, 0.6) is 0 Å². The molecule has 4 nitrogen and oxygen atoms in total. The van der Waals surface area contributed by atoms with Gasteiger partial charge in [0.05, 0.1) is 5.69 Å². The molecule has 3 aromatic carbocycles. The second-order valence-corrected chi connectivity index (χ2v) is 6.69. The summed E-state index contributed by atoms with van der Waals surface area (Å²) in [4.78, 5) is 12.7. The second kappa shape index (κ2) is 6.06. The van der Waals surface area contributed by atoms with E-state index in [-0.39, 0.29) is 17.4 Å². The first kappa shape index (κ1) is 15.8. The quantitative estimate of drug-likeness (QED) is 0.586. The third-order valence-electron chi connectivity index (χ3n) is 5.02. The van der Waals surface area contributed by atoms with Crippen LogP contribution in [0.25, 0.3) is 16.5 Å². The van der Waals surface area contributed by atoms with Crippen LogP contribution >= 0.6 is 0 Å². The summed E-state index contributed by atoms with van der Waals surface area (Å²) in [5.41, 5.74) is 4.28. The zero-order chi connectivity index (χ0) is 18.4. The topological polar surface area (TPSA) is 46.9 Å². The molecule has 0 spiro atoms. The number of rotatable bonds is 3. The van der Waals surface area contributed by atoms with Gasteiger partial charge in [-0.1, -0.05) is 30.3 Å². The number of nitrogens with one attached hydrogen (secondary N) is 1. The van der Waals surface area contributed by atoms with E-state index in [0.717, 1.165) is 23.9 Å². The monoisotopic (exact) mass is 357 g/mol. The Morgan fingerprint density at radius 2 is 1.81 bits per heavy atom. The SMILES string of the molecule is O=C(Nc1ccc2c3c(cccc13)CC2)c1ccn(-c2cccc(F)c2)n1. The minimum absolute atomic E-state index is 0.280. The molecule has 132 valence electrons. The van der Waals surface area contributed by atoms with Crippen LogP contribution in [0, 0.1) is 5.82 Å². The lowest BCUT2D eigenvalue weighted by molar-refractivity contribution is 0.102. The predicted octanol–water partition coefficient (Wildman–Crippen LogP) is 4.52. The molecule has 1 amide bonds. The van der Waals surface area contributed by atoms with Gasteiger partial charge in [-0.25, -0.2) is 9.07 Å². The molecule has 0 unspecified atom stereocenters. The van der Waals surface area contributed by atoms with Crippen LogP contribution in [-0.2, 0) is 12.8 Å². The van der Waals surface area contributed by atoms with E-state index < -0.39 is 0 Å². The standard InChI is InChI=1S/C22H16FN3O/c23-16-4-2-5-17(13-16)26-12-11-20(25-26)22(27)24-19-10-9-15-8-7-14-3-1-6-18(19)21(14)15/h1-6,9-13H,7-8H2,(H,24,27). The molecule has 1 aliphatic rings. The first-order valence-corrected chi connectivity index (χ1v) is 8.85. The number of hydrogen-bond donors (Lipinski definition) is 1. The van der Waals surface area contributed by atoms with Crippen molar-refractivity contribution in [2.45, 2.75) is 12.8 Å². The zero-order valence-electron chi connectivity index (χ0n) is 14.4. The lowest BCUT2D eigenvalue weighted by atomic mass is 10.0. The second-order valence-electron chi connectivity index (χ2n) is 6.69. The van der Waals surface area contributed by atoms with Gasteiger partial charge in [-0.3, -0.25) is 4.79 Å². The molecule has 0 saturated heterocycles. The summed E-state index contributed by atoms with van der Waals surface area (Å²) in [7, 11) is 0. The van der Waals surface area contributed by atoms with Gasteiger partial charge in [-0.05, 0) is 59.7 Å². The maximum atomic E-state index is 13.4. The number of anilines is 1. The highest BCUT2D eigenvalue weighted by molar-refractivity contribution is 6.09. The Morgan fingerprint density at radius 1 is 1.00 bits per heavy atom. The van der Waals surface area contributed by atoms with E-state index in [1.54, 1.807) is 24.4 Å². The molecular formula is C22H16FN3O. The number of aromatic nitrogens is 2. The van der Waals surface area contributed by atoms with E-state index in [9.17, 15) is 9.18 Å². The maximum Gasteiger partial charge on any atom is 0.276 e. The van der Waals surface area contributed by atoms with Gasteiger partial charge in [0.15, 0.2) is 5.69 Å². The van der Waals surface area contributed by atoms with Crippen molar-refractivity contribution in [3.63, 3.8) is 0 Å². The van der Waals surface area contributed by atoms with Crippen molar-refractivity contribution in [2.75, 3.05) is 5.32 Å². The van der Waals surface area contributed by atoms with Crippen LogP contribution in [0.3, 0.4) is 0 Å². The largest absolute Gasteiger partial charge is 0.320 e. The van der Waals surface area contributed by atoms with E-state index in [4.69, 9.17) is 0 Å². The van der Waals surface area contributed by atoms with Crippen LogP contribution in [0.1, 0.15) is 21.6 Å². The third-order valence-corrected chi connectivity index (χ3v) is 5.02. The molecule has 0 bridgehead atoms. The van der Waals surface area contributed by atoms with Crippen LogP contribution in [-0.4, -0.2) is 15.7 Å². The number of carbonyl (C=O) groups excluding carboxylic acids is 1. The summed E-state index contributed by atoms with van der Waals surface area (Å²) in [5.74, 6) is -0.634. The number of aryl methyl sites for hydroxylation is 2. The summed E-state index contributed by atoms with van der Waals surface area (Å²) in [6.45, 7) is 0. The molecule has 1 aliphatic carbocycles. The molecule has 27 heavy (non-hydrogen) atoms. The molecule has 0 radical (unpaired) electrons. The van der Waals surface area contributed by atoms with Crippen molar-refractivity contribution in [1.82, 2.24) is 9.78 Å². The molecule has 0 atom stereocenters. The van der Waals surface area contributed by atoms with Crippen LogP contribution < -0.4 is 5.32 Å². The smallest absolute Gasteiger partial charge is 0.276 e. The molecular weight excluding hydrogens is 341 g/mol. The Bertz CT molecular complexity index is 1190. The van der Waals surface area contributed by atoms with Crippen LogP contribution in [0.15, 0.2) is 66.9 Å². The summed E-state index contributed by atoms with van der Waals surface area (Å²) < 4.78 is 14.9. The van der Waals surface area contributed by atoms with E-state index in [0.29, 0.717) is 5.69 Å². The van der Waals surface area contributed by atoms with Crippen LogP contribution in [0.4, 0.5) is 10.1 Å². The van der Waals surface area contributed by atoms with Crippen molar-refractivity contribution >= 4 is 22.4 Å². The molecule has 5 rings (SSSR count). The molecule has 5 heteroatoms. The van der Waals surface area contributed by atoms with Gasteiger partial charge < -0.3 is 5.32 Å². The Morgan fingerprint density at radius 3 is 2.67 bits per heavy atom. The number of nitrogens with zero attached hydrogens (tertiary/aromatic N) is 2. The zero-order valence-corrected chi connectivity index (χ0v) is 14.4. The van der Waals surface area contributed by atoms with E-state index in [2.05, 4.69) is 22.5 Å². The fraction of sp³-hybridized carbons (Fsp3) is 0.0909. The molecule has 0 aliphatic heterocycles. The molecule has 1 heterocycles. The fourth-order valence-electron chi connectivity index (χ4n) is 3.75. The Kier molecular flexibility index (Phi) is 3.53. The van der Waals surface area contributed by atoms with Crippen molar-refractivity contribution in [3.05, 3.63) is 89.5 Å². The molecule has 1 aromatic heterocycles. The number of amides is 1. The van der Waals surface area contributed by atoms with E-state index in [1.165, 1.54) is 33.3 Å². The number of hydrogen-bond acceptors (Lipinski definition) is 2. The summed E-state index contributed by atoms with van der Waals surface area (Å²) >= 11 is 0. The van der Waals surface area contributed by atoms with E-state index >= 15 is 0 Å². The molecule has 4 aromatic rings. The fourth-order valence-corrected chi connectivity index (χ4v) is 3.75. The van der Waals surface area contributed by atoms with Crippen molar-refractivity contribution < 1.29 is 9.18 Å². The predicted molar refractivity (Wildman–Crippen MR) is 103 cm³/mol. The Balaban J connectivity index is 1.46. The summed E-state index contributed by atoms with van der Waals surface area (Å²) in [5, 5.41) is 9.56. The molecule has 0 fully saturated rings. The lowest BCUT2D eigenvalue weighted by Crippen LogP contribution is -2.13. The van der Waals surface area contributed by atoms with Crippen molar-refractivity contribution in [2.24, 2.45) is 0 Å². The van der Waals surface area contributed by atoms with Crippen molar-refractivity contribution in [1.29, 1.82) is 0 Å². The van der Waals surface area contributed by atoms with Gasteiger partial charge in [0.1, 0.15) is 5.82 Å². The third kappa shape index (κ3) is 2.68. The van der Waals surface area contributed by atoms with Gasteiger partial charge in [0.2, 0.25) is 0 Å².